The summed E-state index contributed by atoms with van der Waals surface area (Å²) >= 11 is 0. The van der Waals surface area contributed by atoms with Crippen LogP contribution in [0.15, 0.2) is 24.3 Å². The van der Waals surface area contributed by atoms with Crippen LogP contribution in [0, 0.1) is 11.3 Å². The summed E-state index contributed by atoms with van der Waals surface area (Å²) in [5, 5.41) is 24.9. The second-order valence-electron chi connectivity index (χ2n) is 6.18. The van der Waals surface area contributed by atoms with Gasteiger partial charge in [-0.25, -0.2) is 4.68 Å². The molecule has 1 aliphatic carbocycles. The fraction of sp³-hybridized carbons (Fsp3) is 0.529. The fourth-order valence-electron chi connectivity index (χ4n) is 3.31. The number of tetrazole rings is 1. The van der Waals surface area contributed by atoms with E-state index in [1.165, 1.54) is 19.3 Å². The van der Waals surface area contributed by atoms with Crippen molar-refractivity contribution in [3.63, 3.8) is 0 Å². The Kier molecular flexibility index (Phi) is 5.51. The first-order valence-electron chi connectivity index (χ1n) is 8.54. The van der Waals surface area contributed by atoms with Gasteiger partial charge in [-0.05, 0) is 41.0 Å². The Morgan fingerprint density at radius 1 is 1.25 bits per heavy atom. The van der Waals surface area contributed by atoms with Crippen LogP contribution >= 0.6 is 0 Å². The summed E-state index contributed by atoms with van der Waals surface area (Å²) in [6, 6.07) is 9.93. The predicted octanol–water partition coefficient (Wildman–Crippen LogP) is 1.69. The van der Waals surface area contributed by atoms with E-state index in [0.29, 0.717) is 24.7 Å². The van der Waals surface area contributed by atoms with Crippen LogP contribution in [0.25, 0.3) is 0 Å². The molecular weight excluding hydrogens is 302 g/mol. The minimum atomic E-state index is -0.127. The van der Waals surface area contributed by atoms with Crippen LogP contribution in [-0.4, -0.2) is 33.3 Å². The van der Waals surface area contributed by atoms with E-state index in [1.54, 1.807) is 0 Å². The number of nitrogens with two attached hydrogens (primary N) is 1. The van der Waals surface area contributed by atoms with Gasteiger partial charge in [-0.15, -0.1) is 5.10 Å². The number of hydrogen-bond acceptors (Lipinski definition) is 6. The molecule has 1 fully saturated rings. The quantitative estimate of drug-likeness (QED) is 0.837. The van der Waals surface area contributed by atoms with Crippen LogP contribution in [0.3, 0.4) is 0 Å². The van der Waals surface area contributed by atoms with Crippen molar-refractivity contribution in [3.05, 3.63) is 41.2 Å². The average Bonchev–Trinajstić information content (AvgIpc) is 3.13. The zero-order valence-corrected chi connectivity index (χ0v) is 13.7. The molecule has 2 aromatic rings. The van der Waals surface area contributed by atoms with E-state index in [0.717, 1.165) is 24.2 Å². The van der Waals surface area contributed by atoms with Gasteiger partial charge < -0.3 is 11.1 Å². The highest BCUT2D eigenvalue weighted by molar-refractivity contribution is 5.34. The molecule has 1 aromatic carbocycles. The number of hydrogen-bond donors (Lipinski definition) is 2. The van der Waals surface area contributed by atoms with Crippen molar-refractivity contribution in [2.24, 2.45) is 5.73 Å². The molecule has 0 spiro atoms. The van der Waals surface area contributed by atoms with E-state index < -0.39 is 0 Å². The molecule has 126 valence electrons. The Morgan fingerprint density at radius 2 is 2.00 bits per heavy atom. The molecule has 0 amide bonds. The van der Waals surface area contributed by atoms with Crippen LogP contribution < -0.4 is 11.1 Å². The Bertz CT molecular complexity index is 680. The molecule has 1 aliphatic rings. The minimum Gasteiger partial charge on any atom is -0.329 e. The standard InChI is InChI=1S/C17H23N7/c18-10-11-20-16(14-8-6-13(12-19)7-9-14)17-21-22-23-24(17)15-4-2-1-3-5-15/h6-9,15-16,20H,1-5,10-11,18H2. The molecule has 3 rings (SSSR count). The lowest BCUT2D eigenvalue weighted by atomic mass is 9.95. The zero-order chi connectivity index (χ0) is 16.8. The van der Waals surface area contributed by atoms with Crippen LogP contribution in [0.2, 0.25) is 0 Å². The lowest BCUT2D eigenvalue weighted by molar-refractivity contribution is 0.311. The van der Waals surface area contributed by atoms with Crippen molar-refractivity contribution in [2.75, 3.05) is 13.1 Å². The molecule has 1 atom stereocenters. The highest BCUT2D eigenvalue weighted by Gasteiger charge is 2.26. The highest BCUT2D eigenvalue weighted by Crippen LogP contribution is 2.30. The third kappa shape index (κ3) is 3.61. The maximum Gasteiger partial charge on any atom is 0.173 e. The number of nitrogens with zero attached hydrogens (tertiary/aromatic N) is 5. The van der Waals surface area contributed by atoms with E-state index in [1.807, 2.05) is 28.9 Å². The molecule has 7 heteroatoms. The van der Waals surface area contributed by atoms with Gasteiger partial charge in [0.05, 0.1) is 23.7 Å². The molecule has 1 heterocycles. The van der Waals surface area contributed by atoms with Crippen molar-refractivity contribution < 1.29 is 0 Å². The second kappa shape index (κ2) is 7.99. The molecule has 1 unspecified atom stereocenters. The summed E-state index contributed by atoms with van der Waals surface area (Å²) in [5.74, 6) is 0.819. The highest BCUT2D eigenvalue weighted by atomic mass is 15.6. The number of nitrogens with one attached hydrogen (secondary N) is 1. The van der Waals surface area contributed by atoms with E-state index >= 15 is 0 Å². The van der Waals surface area contributed by atoms with Crippen molar-refractivity contribution >= 4 is 0 Å². The van der Waals surface area contributed by atoms with Gasteiger partial charge >= 0.3 is 0 Å². The molecule has 1 aromatic heterocycles. The largest absolute Gasteiger partial charge is 0.329 e. The molecule has 7 nitrogen and oxygen atoms in total. The molecule has 0 aliphatic heterocycles. The Hall–Kier alpha value is -2.30. The second-order valence-corrected chi connectivity index (χ2v) is 6.18. The van der Waals surface area contributed by atoms with Gasteiger partial charge in [0.25, 0.3) is 0 Å². The van der Waals surface area contributed by atoms with Crippen molar-refractivity contribution in [2.45, 2.75) is 44.2 Å². The van der Waals surface area contributed by atoms with Gasteiger partial charge in [-0.3, -0.25) is 0 Å². The van der Waals surface area contributed by atoms with Crippen molar-refractivity contribution in [3.8, 4) is 6.07 Å². The third-order valence-corrected chi connectivity index (χ3v) is 4.56. The monoisotopic (exact) mass is 325 g/mol. The van der Waals surface area contributed by atoms with E-state index in [2.05, 4.69) is 26.9 Å². The normalized spacial score (nSPS) is 16.7. The van der Waals surface area contributed by atoms with Crippen LogP contribution in [-0.2, 0) is 0 Å². The fourth-order valence-corrected chi connectivity index (χ4v) is 3.31. The predicted molar refractivity (Wildman–Crippen MR) is 90.0 cm³/mol. The lowest BCUT2D eigenvalue weighted by Gasteiger charge is -2.25. The molecule has 0 saturated heterocycles. The molecule has 24 heavy (non-hydrogen) atoms. The van der Waals surface area contributed by atoms with Gasteiger partial charge in [0.15, 0.2) is 5.82 Å². The van der Waals surface area contributed by atoms with Gasteiger partial charge in [-0.2, -0.15) is 5.26 Å². The van der Waals surface area contributed by atoms with E-state index in [-0.39, 0.29) is 6.04 Å². The van der Waals surface area contributed by atoms with Crippen LogP contribution in [0.1, 0.15) is 61.1 Å². The van der Waals surface area contributed by atoms with Gasteiger partial charge in [0.2, 0.25) is 0 Å². The molecule has 0 radical (unpaired) electrons. The van der Waals surface area contributed by atoms with Gasteiger partial charge in [0.1, 0.15) is 0 Å². The maximum atomic E-state index is 8.99. The summed E-state index contributed by atoms with van der Waals surface area (Å²) in [7, 11) is 0. The summed E-state index contributed by atoms with van der Waals surface area (Å²) in [5.41, 5.74) is 7.35. The summed E-state index contributed by atoms with van der Waals surface area (Å²) < 4.78 is 1.98. The topological polar surface area (TPSA) is 105 Å². The summed E-state index contributed by atoms with van der Waals surface area (Å²) in [6.07, 6.45) is 5.98. The number of nitriles is 1. The number of aromatic nitrogens is 4. The number of benzene rings is 1. The van der Waals surface area contributed by atoms with Crippen LogP contribution in [0.4, 0.5) is 0 Å². The first-order chi connectivity index (χ1) is 11.8. The lowest BCUT2D eigenvalue weighted by Crippen LogP contribution is -2.31. The number of rotatable bonds is 6. The molecule has 0 bridgehead atoms. The van der Waals surface area contributed by atoms with Gasteiger partial charge in [0, 0.05) is 13.1 Å². The minimum absolute atomic E-state index is 0.127. The Labute approximate surface area is 141 Å². The Balaban J connectivity index is 1.91. The first kappa shape index (κ1) is 16.6. The smallest absolute Gasteiger partial charge is 0.173 e. The SMILES string of the molecule is N#Cc1ccc(C(NCCN)c2nnnn2C2CCCCC2)cc1. The van der Waals surface area contributed by atoms with Gasteiger partial charge in [-0.1, -0.05) is 31.4 Å². The average molecular weight is 325 g/mol. The molecule has 1 saturated carbocycles. The third-order valence-electron chi connectivity index (χ3n) is 4.56. The van der Waals surface area contributed by atoms with Crippen molar-refractivity contribution in [1.82, 2.24) is 25.5 Å². The molecular formula is C17H23N7. The van der Waals surface area contributed by atoms with Crippen molar-refractivity contribution in [1.29, 1.82) is 5.26 Å². The maximum absolute atomic E-state index is 8.99. The zero-order valence-electron chi connectivity index (χ0n) is 13.7. The summed E-state index contributed by atoms with van der Waals surface area (Å²) in [6.45, 7) is 1.21. The first-order valence-corrected chi connectivity index (χ1v) is 8.54. The van der Waals surface area contributed by atoms with E-state index in [9.17, 15) is 0 Å². The molecule has 3 N–H and O–H groups in total. The van der Waals surface area contributed by atoms with Crippen LogP contribution in [0.5, 0.6) is 0 Å². The Morgan fingerprint density at radius 3 is 2.67 bits per heavy atom. The summed E-state index contributed by atoms with van der Waals surface area (Å²) in [4.78, 5) is 0. The van der Waals surface area contributed by atoms with E-state index in [4.69, 9.17) is 11.0 Å².